The lowest BCUT2D eigenvalue weighted by Gasteiger charge is -2.25. The second kappa shape index (κ2) is 5.86. The molecule has 9 heteroatoms. The van der Waals surface area contributed by atoms with Gasteiger partial charge in [0.1, 0.15) is 10.5 Å². The highest BCUT2D eigenvalue weighted by molar-refractivity contribution is 7.89. The first-order chi connectivity index (χ1) is 10.1. The van der Waals surface area contributed by atoms with E-state index >= 15 is 0 Å². The second-order valence-electron chi connectivity index (χ2n) is 5.55. The zero-order chi connectivity index (χ0) is 16.5. The molecule has 7 nitrogen and oxygen atoms in total. The number of aliphatic carboxylic acids is 1. The lowest BCUT2D eigenvalue weighted by atomic mass is 10.0. The molecule has 0 bridgehead atoms. The van der Waals surface area contributed by atoms with E-state index in [4.69, 9.17) is 16.7 Å². The first-order valence-electron chi connectivity index (χ1n) is 6.50. The van der Waals surface area contributed by atoms with Crippen molar-refractivity contribution < 1.29 is 18.3 Å². The van der Waals surface area contributed by atoms with Crippen molar-refractivity contribution in [1.29, 1.82) is 0 Å². The van der Waals surface area contributed by atoms with E-state index in [-0.39, 0.29) is 22.8 Å². The van der Waals surface area contributed by atoms with Gasteiger partial charge in [-0.3, -0.25) is 4.79 Å². The van der Waals surface area contributed by atoms with E-state index in [9.17, 15) is 13.2 Å². The standard InChI is InChI=1S/C13H16ClN3O4S/c1-13(2,5-3-10(18)19)17-22(20,21)9-7-16-12-11(9)8(14)4-6-15-12/h4,6-7,17H,3,5H2,1-2H3,(H,15,16)(H,18,19). The molecule has 0 unspecified atom stereocenters. The highest BCUT2D eigenvalue weighted by Gasteiger charge is 2.29. The van der Waals surface area contributed by atoms with Crippen molar-refractivity contribution in [2.45, 2.75) is 37.1 Å². The largest absolute Gasteiger partial charge is 0.481 e. The molecule has 0 fully saturated rings. The van der Waals surface area contributed by atoms with Gasteiger partial charge in [0.15, 0.2) is 0 Å². The number of rotatable bonds is 6. The van der Waals surface area contributed by atoms with Gasteiger partial charge in [0.05, 0.1) is 10.4 Å². The molecule has 2 aromatic rings. The number of hydrogen-bond acceptors (Lipinski definition) is 4. The van der Waals surface area contributed by atoms with Gasteiger partial charge < -0.3 is 10.1 Å². The number of carboxylic acid groups (broad SMARTS) is 1. The zero-order valence-corrected chi connectivity index (χ0v) is 13.6. The van der Waals surface area contributed by atoms with Crippen LogP contribution in [0.3, 0.4) is 0 Å². The smallest absolute Gasteiger partial charge is 0.303 e. The highest BCUT2D eigenvalue weighted by Crippen LogP contribution is 2.29. The van der Waals surface area contributed by atoms with Gasteiger partial charge in [0.25, 0.3) is 0 Å². The fraction of sp³-hybridized carbons (Fsp3) is 0.385. The average Bonchev–Trinajstić information content (AvgIpc) is 2.81. The summed E-state index contributed by atoms with van der Waals surface area (Å²) in [5.74, 6) is -0.980. The van der Waals surface area contributed by atoms with E-state index in [0.29, 0.717) is 11.0 Å². The molecule has 120 valence electrons. The predicted molar refractivity (Wildman–Crippen MR) is 82.4 cm³/mol. The predicted octanol–water partition coefficient (Wildman–Crippen LogP) is 2.14. The topological polar surface area (TPSA) is 112 Å². The Balaban J connectivity index is 2.35. The number of carboxylic acids is 1. The van der Waals surface area contributed by atoms with E-state index in [1.54, 1.807) is 13.8 Å². The van der Waals surface area contributed by atoms with E-state index in [1.165, 1.54) is 18.5 Å². The van der Waals surface area contributed by atoms with E-state index in [1.807, 2.05) is 0 Å². The molecular weight excluding hydrogens is 330 g/mol. The maximum Gasteiger partial charge on any atom is 0.303 e. The van der Waals surface area contributed by atoms with Crippen molar-refractivity contribution in [3.05, 3.63) is 23.5 Å². The summed E-state index contributed by atoms with van der Waals surface area (Å²) in [5.41, 5.74) is -0.536. The fourth-order valence-electron chi connectivity index (χ4n) is 2.09. The highest BCUT2D eigenvalue weighted by atomic mass is 35.5. The Hall–Kier alpha value is -1.64. The van der Waals surface area contributed by atoms with Gasteiger partial charge in [-0.1, -0.05) is 11.6 Å². The molecule has 2 rings (SSSR count). The molecule has 0 amide bonds. The Morgan fingerprint density at radius 1 is 1.50 bits per heavy atom. The third-order valence-corrected chi connectivity index (χ3v) is 5.19. The Morgan fingerprint density at radius 2 is 2.18 bits per heavy atom. The first kappa shape index (κ1) is 16.7. The van der Waals surface area contributed by atoms with Gasteiger partial charge in [0.2, 0.25) is 10.0 Å². The van der Waals surface area contributed by atoms with Crippen LogP contribution in [-0.2, 0) is 14.8 Å². The van der Waals surface area contributed by atoms with E-state index < -0.39 is 21.5 Å². The van der Waals surface area contributed by atoms with Gasteiger partial charge in [-0.2, -0.15) is 0 Å². The Bertz CT molecular complexity index is 814. The number of hydrogen-bond donors (Lipinski definition) is 3. The summed E-state index contributed by atoms with van der Waals surface area (Å²) in [6.45, 7) is 3.25. The van der Waals surface area contributed by atoms with Crippen LogP contribution >= 0.6 is 11.6 Å². The van der Waals surface area contributed by atoms with Crippen LogP contribution in [0, 0.1) is 0 Å². The molecule has 0 aliphatic heterocycles. The summed E-state index contributed by atoms with van der Waals surface area (Å²) in [6, 6.07) is 1.51. The second-order valence-corrected chi connectivity index (χ2v) is 7.61. The first-order valence-corrected chi connectivity index (χ1v) is 8.36. The van der Waals surface area contributed by atoms with Crippen LogP contribution in [0.2, 0.25) is 5.02 Å². The summed E-state index contributed by atoms with van der Waals surface area (Å²) in [7, 11) is -3.87. The summed E-state index contributed by atoms with van der Waals surface area (Å²) in [6.07, 6.45) is 2.82. The molecular formula is C13H16ClN3O4S. The molecule has 0 aromatic carbocycles. The number of nitrogens with one attached hydrogen (secondary N) is 2. The van der Waals surface area contributed by atoms with Gasteiger partial charge >= 0.3 is 5.97 Å². The number of fused-ring (bicyclic) bond motifs is 1. The van der Waals surface area contributed by atoms with Crippen molar-refractivity contribution in [3.8, 4) is 0 Å². The van der Waals surface area contributed by atoms with E-state index in [2.05, 4.69) is 14.7 Å². The minimum Gasteiger partial charge on any atom is -0.481 e. The normalized spacial score (nSPS) is 12.7. The van der Waals surface area contributed by atoms with Crippen molar-refractivity contribution in [1.82, 2.24) is 14.7 Å². The van der Waals surface area contributed by atoms with Crippen LogP contribution in [0.25, 0.3) is 11.0 Å². The van der Waals surface area contributed by atoms with Crippen LogP contribution < -0.4 is 4.72 Å². The number of aromatic nitrogens is 2. The number of aromatic amines is 1. The molecule has 0 aliphatic rings. The SMILES string of the molecule is CC(C)(CCC(=O)O)NS(=O)(=O)c1c[nH]c2nccc(Cl)c12. The lowest BCUT2D eigenvalue weighted by Crippen LogP contribution is -2.43. The van der Waals surface area contributed by atoms with Gasteiger partial charge in [0, 0.05) is 24.4 Å². The van der Waals surface area contributed by atoms with Crippen LogP contribution in [0.15, 0.2) is 23.4 Å². The molecule has 2 aromatic heterocycles. The van der Waals surface area contributed by atoms with E-state index in [0.717, 1.165) is 0 Å². The summed E-state index contributed by atoms with van der Waals surface area (Å²) >= 11 is 6.05. The molecule has 0 saturated heterocycles. The Labute approximate surface area is 132 Å². The zero-order valence-electron chi connectivity index (χ0n) is 12.1. The third kappa shape index (κ3) is 3.57. The molecule has 3 N–H and O–H groups in total. The molecule has 2 heterocycles. The lowest BCUT2D eigenvalue weighted by molar-refractivity contribution is -0.137. The van der Waals surface area contributed by atoms with Crippen LogP contribution in [-0.4, -0.2) is 35.0 Å². The Kier molecular flexibility index (Phi) is 4.46. The molecule has 22 heavy (non-hydrogen) atoms. The maximum atomic E-state index is 12.6. The molecule has 0 aliphatic carbocycles. The van der Waals surface area contributed by atoms with Gasteiger partial charge in [-0.25, -0.2) is 18.1 Å². The third-order valence-electron chi connectivity index (χ3n) is 3.15. The van der Waals surface area contributed by atoms with Crippen molar-refractivity contribution in [2.75, 3.05) is 0 Å². The Morgan fingerprint density at radius 3 is 2.82 bits per heavy atom. The molecule has 0 saturated carbocycles. The number of pyridine rings is 1. The average molecular weight is 346 g/mol. The van der Waals surface area contributed by atoms with Crippen LogP contribution in [0.1, 0.15) is 26.7 Å². The van der Waals surface area contributed by atoms with Crippen molar-refractivity contribution in [3.63, 3.8) is 0 Å². The summed E-state index contributed by atoms with van der Waals surface area (Å²) in [4.78, 5) is 17.4. The van der Waals surface area contributed by atoms with Crippen molar-refractivity contribution in [2.24, 2.45) is 0 Å². The molecule has 0 radical (unpaired) electrons. The van der Waals surface area contributed by atoms with Gasteiger partial charge in [-0.05, 0) is 26.3 Å². The quantitative estimate of drug-likeness (QED) is 0.742. The number of nitrogens with zero attached hydrogens (tertiary/aromatic N) is 1. The van der Waals surface area contributed by atoms with Crippen LogP contribution in [0.4, 0.5) is 0 Å². The maximum absolute atomic E-state index is 12.6. The van der Waals surface area contributed by atoms with Crippen molar-refractivity contribution >= 4 is 38.6 Å². The molecule has 0 spiro atoms. The number of halogens is 1. The minimum atomic E-state index is -3.87. The van der Waals surface area contributed by atoms with Crippen LogP contribution in [0.5, 0.6) is 0 Å². The fourth-order valence-corrected chi connectivity index (χ4v) is 4.02. The van der Waals surface area contributed by atoms with Gasteiger partial charge in [-0.15, -0.1) is 0 Å². The summed E-state index contributed by atoms with van der Waals surface area (Å²) in [5, 5.41) is 9.31. The number of H-pyrrole nitrogens is 1. The number of sulfonamides is 1. The summed E-state index contributed by atoms with van der Waals surface area (Å²) < 4.78 is 27.6. The molecule has 0 atom stereocenters. The monoisotopic (exact) mass is 345 g/mol. The number of carbonyl (C=O) groups is 1. The minimum absolute atomic E-state index is 0.0102.